The van der Waals surface area contributed by atoms with Gasteiger partial charge in [-0.05, 0) is 72.6 Å². The van der Waals surface area contributed by atoms with E-state index < -0.39 is 8.07 Å². The van der Waals surface area contributed by atoms with Crippen LogP contribution in [0.2, 0.25) is 12.1 Å². The second-order valence-corrected chi connectivity index (χ2v) is 23.0. The minimum Gasteiger partial charge on any atom is -0.274 e. The summed E-state index contributed by atoms with van der Waals surface area (Å²) >= 11 is 5.61. The van der Waals surface area contributed by atoms with Crippen LogP contribution in [-0.2, 0) is 0 Å². The molecule has 0 saturated heterocycles. The molecule has 2 aliphatic rings. The number of imide groups is 1. The van der Waals surface area contributed by atoms with Crippen LogP contribution in [0.15, 0.2) is 12.1 Å². The van der Waals surface area contributed by atoms with Gasteiger partial charge < -0.3 is 0 Å². The Morgan fingerprint density at radius 2 is 1.27 bits per heavy atom. The van der Waals surface area contributed by atoms with E-state index in [-0.39, 0.29) is 11.8 Å². The van der Waals surface area contributed by atoms with Crippen LogP contribution < -0.4 is 10.4 Å². The van der Waals surface area contributed by atoms with Crippen molar-refractivity contribution < 1.29 is 9.59 Å². The quantitative estimate of drug-likeness (QED) is 0.0661. The number of carbonyl (C=O) groups is 2. The number of thiophene rings is 3. The molecule has 48 heavy (non-hydrogen) atoms. The van der Waals surface area contributed by atoms with Gasteiger partial charge in [0.2, 0.25) is 0 Å². The van der Waals surface area contributed by atoms with Gasteiger partial charge in [0.25, 0.3) is 11.8 Å². The van der Waals surface area contributed by atoms with Crippen molar-refractivity contribution in [1.82, 2.24) is 4.90 Å². The first kappa shape index (κ1) is 37.7. The van der Waals surface area contributed by atoms with Gasteiger partial charge in [-0.15, -0.1) is 34.0 Å². The Hall–Kier alpha value is -1.54. The van der Waals surface area contributed by atoms with Gasteiger partial charge in [0.15, 0.2) is 0 Å². The van der Waals surface area contributed by atoms with Crippen LogP contribution in [0.25, 0.3) is 19.5 Å². The highest BCUT2D eigenvalue weighted by Crippen LogP contribution is 2.50. The lowest BCUT2D eigenvalue weighted by Gasteiger charge is -2.36. The first-order valence-corrected chi connectivity index (χ1v) is 24.2. The fourth-order valence-corrected chi connectivity index (χ4v) is 20.1. The zero-order valence-corrected chi connectivity index (χ0v) is 34.6. The number of amides is 2. The van der Waals surface area contributed by atoms with Crippen molar-refractivity contribution in [2.45, 2.75) is 151 Å². The molecule has 3 nitrogen and oxygen atoms in total. The second-order valence-electron chi connectivity index (χ2n) is 15.4. The molecule has 0 aromatic carbocycles. The zero-order chi connectivity index (χ0) is 34.6. The monoisotopic (exact) mass is 723 g/mol. The molecule has 3 aromatic heterocycles. The lowest BCUT2D eigenvalue weighted by Crippen LogP contribution is -2.56. The zero-order valence-electron chi connectivity index (χ0n) is 31.2. The third-order valence-corrected chi connectivity index (χ3v) is 20.7. The Balaban J connectivity index is 1.54. The van der Waals surface area contributed by atoms with Gasteiger partial charge in [0.1, 0.15) is 8.07 Å². The van der Waals surface area contributed by atoms with Crippen LogP contribution in [0.1, 0.15) is 155 Å². The summed E-state index contributed by atoms with van der Waals surface area (Å²) in [5, 5.41) is 3.38. The molecule has 7 heteroatoms. The third kappa shape index (κ3) is 7.55. The van der Waals surface area contributed by atoms with Gasteiger partial charge in [-0.3, -0.25) is 14.5 Å². The molecule has 2 aliphatic heterocycles. The molecule has 0 N–H and O–H groups in total. The first-order valence-electron chi connectivity index (χ1n) is 19.3. The van der Waals surface area contributed by atoms with E-state index in [1.54, 1.807) is 26.6 Å². The number of aryl methyl sites for hydroxylation is 2. The topological polar surface area (TPSA) is 37.4 Å². The van der Waals surface area contributed by atoms with E-state index in [0.29, 0.717) is 17.7 Å². The van der Waals surface area contributed by atoms with Crippen LogP contribution in [0, 0.1) is 31.6 Å². The molecular formula is C41H61NO2S3Si. The predicted molar refractivity (Wildman–Crippen MR) is 215 cm³/mol. The van der Waals surface area contributed by atoms with Crippen LogP contribution in [0.3, 0.4) is 0 Å². The lowest BCUT2D eigenvalue weighted by molar-refractivity contribution is 0.0651. The van der Waals surface area contributed by atoms with E-state index in [1.807, 2.05) is 29.6 Å². The van der Waals surface area contributed by atoms with Gasteiger partial charge in [0.05, 0.1) is 16.0 Å². The Morgan fingerprint density at radius 1 is 0.667 bits per heavy atom. The predicted octanol–water partition coefficient (Wildman–Crippen LogP) is 12.3. The van der Waals surface area contributed by atoms with Gasteiger partial charge in [-0.2, -0.15) is 0 Å². The number of rotatable bonds is 20. The molecule has 2 amide bonds. The second kappa shape index (κ2) is 16.6. The van der Waals surface area contributed by atoms with Crippen molar-refractivity contribution in [3.63, 3.8) is 0 Å². The van der Waals surface area contributed by atoms with E-state index in [2.05, 4.69) is 60.6 Å². The van der Waals surface area contributed by atoms with Crippen molar-refractivity contribution in [3.8, 4) is 19.5 Å². The molecule has 0 bridgehead atoms. The van der Waals surface area contributed by atoms with Gasteiger partial charge >= 0.3 is 0 Å². The third-order valence-electron chi connectivity index (χ3n) is 11.3. The van der Waals surface area contributed by atoms with E-state index >= 15 is 0 Å². The maximum atomic E-state index is 14.0. The molecule has 264 valence electrons. The van der Waals surface area contributed by atoms with E-state index in [9.17, 15) is 9.59 Å². The summed E-state index contributed by atoms with van der Waals surface area (Å²) < 4.78 is 0. The Morgan fingerprint density at radius 3 is 1.94 bits per heavy atom. The fourth-order valence-electron chi connectivity index (χ4n) is 8.48. The number of hydrogen-bond donors (Lipinski definition) is 0. The average Bonchev–Trinajstić information content (AvgIpc) is 3.85. The van der Waals surface area contributed by atoms with Crippen LogP contribution >= 0.6 is 34.0 Å². The maximum absolute atomic E-state index is 14.0. The van der Waals surface area contributed by atoms with Crippen molar-refractivity contribution in [2.75, 3.05) is 6.54 Å². The number of carbonyl (C=O) groups excluding carboxylic acids is 2. The fraction of sp³-hybridized carbons (Fsp3) is 0.659. The van der Waals surface area contributed by atoms with Crippen molar-refractivity contribution in [3.05, 3.63) is 33.0 Å². The Bertz CT molecular complexity index is 1560. The smallest absolute Gasteiger partial charge is 0.263 e. The highest BCUT2D eigenvalue weighted by Gasteiger charge is 2.50. The molecule has 0 fully saturated rings. The number of fused-ring (bicyclic) bond motifs is 4. The molecule has 3 unspecified atom stereocenters. The summed E-state index contributed by atoms with van der Waals surface area (Å²) in [5.41, 5.74) is 1.38. The van der Waals surface area contributed by atoms with E-state index in [4.69, 9.17) is 0 Å². The molecular weight excluding hydrogens is 663 g/mol. The highest BCUT2D eigenvalue weighted by molar-refractivity contribution is 7.32. The van der Waals surface area contributed by atoms with Crippen molar-refractivity contribution in [2.24, 2.45) is 17.8 Å². The number of unbranched alkanes of at least 4 members (excludes halogenated alkanes) is 6. The van der Waals surface area contributed by atoms with Crippen LogP contribution in [0.5, 0.6) is 0 Å². The molecule has 0 saturated carbocycles. The minimum atomic E-state index is -2.09. The first-order chi connectivity index (χ1) is 23.1. The van der Waals surface area contributed by atoms with E-state index in [1.165, 1.54) is 102 Å². The van der Waals surface area contributed by atoms with Gasteiger partial charge in [0, 0.05) is 30.9 Å². The molecule has 5 heterocycles. The normalized spacial score (nSPS) is 18.2. The van der Waals surface area contributed by atoms with E-state index in [0.717, 1.165) is 40.3 Å². The Labute approximate surface area is 305 Å². The summed E-state index contributed by atoms with van der Waals surface area (Å²) in [7, 11) is -2.09. The van der Waals surface area contributed by atoms with Crippen molar-refractivity contribution >= 4 is 64.3 Å². The molecule has 0 aliphatic carbocycles. The summed E-state index contributed by atoms with van der Waals surface area (Å²) in [5.74, 6) is 2.11. The largest absolute Gasteiger partial charge is 0.274 e. The Kier molecular flexibility index (Phi) is 13.1. The minimum absolute atomic E-state index is 0.0574. The lowest BCUT2D eigenvalue weighted by atomic mass is 9.97. The number of hydrogen-bond acceptors (Lipinski definition) is 5. The van der Waals surface area contributed by atoms with Gasteiger partial charge in [-0.1, -0.05) is 119 Å². The van der Waals surface area contributed by atoms with Crippen LogP contribution in [0.4, 0.5) is 0 Å². The maximum Gasteiger partial charge on any atom is 0.263 e. The van der Waals surface area contributed by atoms with Gasteiger partial charge in [-0.25, -0.2) is 0 Å². The molecule has 5 rings (SSSR count). The molecule has 3 atom stereocenters. The van der Waals surface area contributed by atoms with Crippen molar-refractivity contribution in [1.29, 1.82) is 0 Å². The molecule has 0 spiro atoms. The number of nitrogens with zero attached hydrogens (tertiary/aromatic N) is 1. The summed E-state index contributed by atoms with van der Waals surface area (Å²) in [6, 6.07) is 7.83. The highest BCUT2D eigenvalue weighted by atomic mass is 32.1. The molecule has 3 aromatic rings. The van der Waals surface area contributed by atoms with Crippen LogP contribution in [-0.4, -0.2) is 31.3 Å². The summed E-state index contributed by atoms with van der Waals surface area (Å²) in [4.78, 5) is 37.0. The summed E-state index contributed by atoms with van der Waals surface area (Å²) in [6.45, 7) is 19.1. The molecule has 0 radical (unpaired) electrons. The standard InChI is InChI=1S/C41H61NO2S3Si/c1-9-13-15-16-17-18-22-42-40(43)35-29(8)46-37(36(35)41(42)44)32-24-34-39(47-32)38-33(23-28(7)45-38)48(34,25-30(11-3)19-14-10-2)26-31(12-4)21-20-27(5)6/h23-24,27,30-31H,9-22,25-26H2,1-8H3. The summed E-state index contributed by atoms with van der Waals surface area (Å²) in [6.07, 6.45) is 15.9. The SMILES string of the molecule is CCCCCCCCN1C(=O)c2c(C)sc(-c3cc4c(s3)-c3sc(C)cc3[Si]4(CC(CC)CCCC)CC(CC)CCC(C)C)c2C1=O. The average molecular weight is 724 g/mol.